The third kappa shape index (κ3) is 5.35. The lowest BCUT2D eigenvalue weighted by Crippen LogP contribution is -2.17. The van der Waals surface area contributed by atoms with E-state index >= 15 is 0 Å². The van der Waals surface area contributed by atoms with Crippen LogP contribution in [0.4, 0.5) is 5.69 Å². The molecule has 0 saturated carbocycles. The van der Waals surface area contributed by atoms with Crippen LogP contribution in [0.5, 0.6) is 0 Å². The van der Waals surface area contributed by atoms with E-state index in [1.165, 1.54) is 35.6 Å². The Morgan fingerprint density at radius 2 is 1.83 bits per heavy atom. The van der Waals surface area contributed by atoms with Gasteiger partial charge in [-0.05, 0) is 60.8 Å². The molecule has 0 saturated heterocycles. The van der Waals surface area contributed by atoms with Gasteiger partial charge in [-0.1, -0.05) is 11.6 Å². The van der Waals surface area contributed by atoms with Crippen molar-refractivity contribution in [2.75, 3.05) is 17.7 Å². The SMILES string of the molecule is CCOC(=O)c1cc2cc(NC(=O)CCS(=O)(=O)c3ccc(Cl)cc3)ccc2s1. The first-order valence-corrected chi connectivity index (χ1v) is 11.6. The molecule has 0 fully saturated rings. The highest BCUT2D eigenvalue weighted by atomic mass is 35.5. The van der Waals surface area contributed by atoms with Crippen molar-refractivity contribution in [1.82, 2.24) is 0 Å². The number of hydrogen-bond donors (Lipinski definition) is 1. The standard InChI is InChI=1S/C20H18ClNO5S2/c1-2-27-20(24)18-12-13-11-15(5-8-17(13)28-18)22-19(23)9-10-29(25,26)16-6-3-14(21)4-7-16/h3-8,11-12H,2,9-10H2,1H3,(H,22,23). The van der Waals surface area contributed by atoms with Crippen LogP contribution in [-0.2, 0) is 19.4 Å². The van der Waals surface area contributed by atoms with Gasteiger partial charge in [0, 0.05) is 21.8 Å². The fraction of sp³-hybridized carbons (Fsp3) is 0.200. The molecule has 0 aliphatic carbocycles. The Labute approximate surface area is 177 Å². The van der Waals surface area contributed by atoms with Crippen molar-refractivity contribution >= 4 is 60.4 Å². The highest BCUT2D eigenvalue weighted by Crippen LogP contribution is 2.28. The summed E-state index contributed by atoms with van der Waals surface area (Å²) in [7, 11) is -3.58. The molecule has 0 atom stereocenters. The molecule has 1 N–H and O–H groups in total. The van der Waals surface area contributed by atoms with Crippen LogP contribution in [0.3, 0.4) is 0 Å². The molecule has 3 aromatic rings. The predicted molar refractivity (Wildman–Crippen MR) is 115 cm³/mol. The number of nitrogens with one attached hydrogen (secondary N) is 1. The van der Waals surface area contributed by atoms with Crippen molar-refractivity contribution in [2.45, 2.75) is 18.2 Å². The Kier molecular flexibility index (Phi) is 6.56. The van der Waals surface area contributed by atoms with Gasteiger partial charge in [-0.2, -0.15) is 0 Å². The first-order valence-electron chi connectivity index (χ1n) is 8.77. The number of rotatable bonds is 7. The van der Waals surface area contributed by atoms with Crippen LogP contribution >= 0.6 is 22.9 Å². The summed E-state index contributed by atoms with van der Waals surface area (Å²) in [6.07, 6.45) is -0.180. The van der Waals surface area contributed by atoms with Gasteiger partial charge >= 0.3 is 5.97 Å². The van der Waals surface area contributed by atoms with Crippen molar-refractivity contribution in [1.29, 1.82) is 0 Å². The second-order valence-corrected chi connectivity index (χ2v) is 9.78. The van der Waals surface area contributed by atoms with Crippen LogP contribution in [0.15, 0.2) is 53.4 Å². The van der Waals surface area contributed by atoms with Gasteiger partial charge in [0.25, 0.3) is 0 Å². The maximum atomic E-state index is 12.3. The van der Waals surface area contributed by atoms with Crippen LogP contribution < -0.4 is 5.32 Å². The number of amides is 1. The van der Waals surface area contributed by atoms with Crippen LogP contribution in [0.25, 0.3) is 10.1 Å². The molecule has 9 heteroatoms. The third-order valence-electron chi connectivity index (χ3n) is 4.05. The second kappa shape index (κ2) is 8.94. The van der Waals surface area contributed by atoms with Crippen molar-refractivity contribution in [3.63, 3.8) is 0 Å². The van der Waals surface area contributed by atoms with Gasteiger partial charge in [-0.15, -0.1) is 11.3 Å². The fourth-order valence-electron chi connectivity index (χ4n) is 2.63. The summed E-state index contributed by atoms with van der Waals surface area (Å²) >= 11 is 7.08. The van der Waals surface area contributed by atoms with Gasteiger partial charge in [0.2, 0.25) is 5.91 Å². The third-order valence-corrected chi connectivity index (χ3v) is 7.13. The molecule has 2 aromatic carbocycles. The van der Waals surface area contributed by atoms with Crippen molar-refractivity contribution < 1.29 is 22.7 Å². The fourth-order valence-corrected chi connectivity index (χ4v) is 4.94. The maximum Gasteiger partial charge on any atom is 0.348 e. The van der Waals surface area contributed by atoms with E-state index in [1.54, 1.807) is 31.2 Å². The lowest BCUT2D eigenvalue weighted by Gasteiger charge is -2.07. The van der Waals surface area contributed by atoms with E-state index in [1.807, 2.05) is 0 Å². The number of sulfone groups is 1. The number of halogens is 1. The van der Waals surface area contributed by atoms with E-state index < -0.39 is 15.7 Å². The zero-order chi connectivity index (χ0) is 21.0. The molecule has 0 radical (unpaired) electrons. The lowest BCUT2D eigenvalue weighted by atomic mass is 10.2. The summed E-state index contributed by atoms with van der Waals surface area (Å²) in [6, 6.07) is 12.8. The monoisotopic (exact) mass is 451 g/mol. The Bertz CT molecular complexity index is 1150. The van der Waals surface area contributed by atoms with Gasteiger partial charge in [-0.3, -0.25) is 4.79 Å². The van der Waals surface area contributed by atoms with Crippen molar-refractivity contribution in [3.8, 4) is 0 Å². The van der Waals surface area contributed by atoms with Crippen LogP contribution in [0.1, 0.15) is 23.0 Å². The van der Waals surface area contributed by atoms with Crippen molar-refractivity contribution in [3.05, 3.63) is 58.4 Å². The molecule has 3 rings (SSSR count). The Morgan fingerprint density at radius 1 is 1.10 bits per heavy atom. The summed E-state index contributed by atoms with van der Waals surface area (Å²) in [6.45, 7) is 2.04. The number of ether oxygens (including phenoxy) is 1. The van der Waals surface area contributed by atoms with Gasteiger partial charge in [0.15, 0.2) is 9.84 Å². The molecule has 0 spiro atoms. The highest BCUT2D eigenvalue weighted by molar-refractivity contribution is 7.91. The average Bonchev–Trinajstić information content (AvgIpc) is 3.11. The summed E-state index contributed by atoms with van der Waals surface area (Å²) in [5, 5.41) is 3.93. The van der Waals surface area contributed by atoms with E-state index in [2.05, 4.69) is 5.32 Å². The number of carbonyl (C=O) groups excluding carboxylic acids is 2. The number of hydrogen-bond acceptors (Lipinski definition) is 6. The largest absolute Gasteiger partial charge is 0.462 e. The van der Waals surface area contributed by atoms with E-state index in [0.717, 1.165) is 10.1 Å². The van der Waals surface area contributed by atoms with Crippen LogP contribution in [-0.4, -0.2) is 32.7 Å². The number of thiophene rings is 1. The van der Waals surface area contributed by atoms with E-state index in [4.69, 9.17) is 16.3 Å². The molecular formula is C20H18ClNO5S2. The first-order chi connectivity index (χ1) is 13.8. The minimum absolute atomic E-state index is 0.126. The zero-order valence-electron chi connectivity index (χ0n) is 15.5. The zero-order valence-corrected chi connectivity index (χ0v) is 17.9. The molecule has 0 aliphatic heterocycles. The average molecular weight is 452 g/mol. The van der Waals surface area contributed by atoms with Gasteiger partial charge in [0.05, 0.1) is 17.3 Å². The summed E-state index contributed by atoms with van der Waals surface area (Å²) in [5.74, 6) is -1.11. The summed E-state index contributed by atoms with van der Waals surface area (Å²) in [5.41, 5.74) is 0.527. The van der Waals surface area contributed by atoms with E-state index in [9.17, 15) is 18.0 Å². The van der Waals surface area contributed by atoms with Gasteiger partial charge in [0.1, 0.15) is 4.88 Å². The molecule has 1 amide bonds. The number of carbonyl (C=O) groups is 2. The molecule has 0 unspecified atom stereocenters. The quantitative estimate of drug-likeness (QED) is 0.533. The Morgan fingerprint density at radius 3 is 2.52 bits per heavy atom. The minimum Gasteiger partial charge on any atom is -0.462 e. The van der Waals surface area contributed by atoms with E-state index in [-0.39, 0.29) is 23.0 Å². The number of benzene rings is 2. The Balaban J connectivity index is 1.65. The van der Waals surface area contributed by atoms with Crippen molar-refractivity contribution in [2.24, 2.45) is 0 Å². The molecule has 1 heterocycles. The number of anilines is 1. The maximum absolute atomic E-state index is 12.3. The molecule has 29 heavy (non-hydrogen) atoms. The highest BCUT2D eigenvalue weighted by Gasteiger charge is 2.17. The molecule has 152 valence electrons. The van der Waals surface area contributed by atoms with Crippen LogP contribution in [0, 0.1) is 0 Å². The molecule has 1 aromatic heterocycles. The Hall–Kier alpha value is -2.42. The molecular weight excluding hydrogens is 434 g/mol. The molecule has 0 bridgehead atoms. The van der Waals surface area contributed by atoms with Gasteiger partial charge in [-0.25, -0.2) is 13.2 Å². The van der Waals surface area contributed by atoms with E-state index in [0.29, 0.717) is 22.2 Å². The smallest absolute Gasteiger partial charge is 0.348 e. The number of esters is 1. The number of fused-ring (bicyclic) bond motifs is 1. The minimum atomic E-state index is -3.58. The summed E-state index contributed by atoms with van der Waals surface area (Å²) in [4.78, 5) is 24.7. The lowest BCUT2D eigenvalue weighted by molar-refractivity contribution is -0.115. The molecule has 6 nitrogen and oxygen atoms in total. The topological polar surface area (TPSA) is 89.5 Å². The summed E-state index contributed by atoms with van der Waals surface area (Å²) < 4.78 is 30.5. The first kappa shape index (κ1) is 21.3. The normalized spacial score (nSPS) is 11.4. The van der Waals surface area contributed by atoms with Gasteiger partial charge < -0.3 is 10.1 Å². The molecule has 0 aliphatic rings. The predicted octanol–water partition coefficient (Wildman–Crippen LogP) is 4.53. The van der Waals surface area contributed by atoms with Crippen LogP contribution in [0.2, 0.25) is 5.02 Å². The second-order valence-electron chi connectivity index (χ2n) is 6.15.